The zero-order chi connectivity index (χ0) is 26.3. The number of halogens is 1. The molecule has 2 heterocycles. The summed E-state index contributed by atoms with van der Waals surface area (Å²) >= 11 is 7.54. The van der Waals surface area contributed by atoms with E-state index in [9.17, 15) is 19.8 Å². The lowest BCUT2D eigenvalue weighted by Gasteiger charge is -2.27. The van der Waals surface area contributed by atoms with E-state index in [1.54, 1.807) is 31.2 Å². The molecule has 1 unspecified atom stereocenters. The highest BCUT2D eigenvalue weighted by atomic mass is 35.5. The number of anilines is 1. The Morgan fingerprint density at radius 1 is 1.05 bits per heavy atom. The number of aromatic hydroxyl groups is 1. The Morgan fingerprint density at radius 3 is 2.41 bits per heavy atom. The van der Waals surface area contributed by atoms with E-state index in [4.69, 9.17) is 16.3 Å². The van der Waals surface area contributed by atoms with E-state index < -0.39 is 23.5 Å². The zero-order valence-electron chi connectivity index (χ0n) is 19.8. The van der Waals surface area contributed by atoms with Gasteiger partial charge in [-0.05, 0) is 42.8 Å². The molecule has 186 valence electrons. The van der Waals surface area contributed by atoms with E-state index in [1.807, 2.05) is 30.3 Å². The molecule has 0 spiro atoms. The number of rotatable bonds is 6. The van der Waals surface area contributed by atoms with Gasteiger partial charge in [0.05, 0.1) is 34.3 Å². The number of carbonyl (C=O) groups excluding carboxylic acids is 2. The molecule has 1 amide bonds. The normalized spacial score (nSPS) is 15.4. The van der Waals surface area contributed by atoms with Crippen LogP contribution < -0.4 is 9.64 Å². The topological polar surface area (TPSA) is 100.0 Å². The minimum Gasteiger partial charge on any atom is -0.508 e. The number of methoxy groups -OCH3 is 1. The van der Waals surface area contributed by atoms with Crippen molar-refractivity contribution in [1.82, 2.24) is 4.98 Å². The average molecular weight is 533 g/mol. The number of aliphatic hydroxyl groups is 1. The average Bonchev–Trinajstić information content (AvgIpc) is 3.42. The summed E-state index contributed by atoms with van der Waals surface area (Å²) in [5.74, 6) is -1.44. The monoisotopic (exact) mass is 532 g/mol. The Balaban J connectivity index is 1.63. The molecule has 1 aliphatic rings. The van der Waals surface area contributed by atoms with Gasteiger partial charge in [-0.15, -0.1) is 11.3 Å². The van der Waals surface area contributed by atoms with Gasteiger partial charge in [0.1, 0.15) is 16.5 Å². The SMILES string of the molecule is COc1ccc(N2C(=O)C(O)=C(C(=O)c3sc(-c4ccccc4)nc3C)C2c2ccc(O)cc2)cc1Cl. The number of benzene rings is 3. The van der Waals surface area contributed by atoms with E-state index in [0.717, 1.165) is 5.56 Å². The second-order valence-electron chi connectivity index (χ2n) is 8.38. The number of aryl methyl sites for hydroxylation is 1. The van der Waals surface area contributed by atoms with Crippen molar-refractivity contribution in [3.8, 4) is 22.1 Å². The van der Waals surface area contributed by atoms with E-state index in [0.29, 0.717) is 32.6 Å². The van der Waals surface area contributed by atoms with Crippen molar-refractivity contribution in [1.29, 1.82) is 0 Å². The van der Waals surface area contributed by atoms with Crippen molar-refractivity contribution in [2.45, 2.75) is 13.0 Å². The standard InChI is InChI=1S/C28H21ClN2O5S/c1-15-26(37-27(30-15)17-6-4-3-5-7-17)24(33)22-23(16-8-11-19(32)12-9-16)31(28(35)25(22)34)18-10-13-21(36-2)20(29)14-18/h3-14,23,32,34H,1-2H3. The number of carbonyl (C=O) groups is 2. The number of hydrogen-bond acceptors (Lipinski definition) is 7. The van der Waals surface area contributed by atoms with Crippen LogP contribution in [0.4, 0.5) is 5.69 Å². The van der Waals surface area contributed by atoms with Crippen molar-refractivity contribution in [3.63, 3.8) is 0 Å². The van der Waals surface area contributed by atoms with Crippen LogP contribution in [0.2, 0.25) is 5.02 Å². The van der Waals surface area contributed by atoms with E-state index in [2.05, 4.69) is 4.98 Å². The number of thiazole rings is 1. The minimum absolute atomic E-state index is 0.0268. The summed E-state index contributed by atoms with van der Waals surface area (Å²) in [5.41, 5.74) is 2.18. The molecule has 0 aliphatic carbocycles. The smallest absolute Gasteiger partial charge is 0.294 e. The van der Waals surface area contributed by atoms with E-state index >= 15 is 0 Å². The molecule has 7 nitrogen and oxygen atoms in total. The maximum Gasteiger partial charge on any atom is 0.294 e. The fourth-order valence-corrected chi connectivity index (χ4v) is 5.59. The fraction of sp³-hybridized carbons (Fsp3) is 0.107. The second kappa shape index (κ2) is 9.72. The summed E-state index contributed by atoms with van der Waals surface area (Å²) in [6.45, 7) is 1.72. The van der Waals surface area contributed by atoms with Crippen LogP contribution in [0.1, 0.15) is 27.0 Å². The van der Waals surface area contributed by atoms with Gasteiger partial charge in [0.2, 0.25) is 5.78 Å². The lowest BCUT2D eigenvalue weighted by molar-refractivity contribution is -0.117. The van der Waals surface area contributed by atoms with Crippen LogP contribution in [0.3, 0.4) is 0 Å². The van der Waals surface area contributed by atoms with Crippen molar-refractivity contribution >= 4 is 40.3 Å². The van der Waals surface area contributed by atoms with Crippen molar-refractivity contribution in [2.24, 2.45) is 0 Å². The quantitative estimate of drug-likeness (QED) is 0.284. The Kier molecular flexibility index (Phi) is 6.45. The molecule has 1 aliphatic heterocycles. The summed E-state index contributed by atoms with van der Waals surface area (Å²) in [4.78, 5) is 33.6. The van der Waals surface area contributed by atoms with Crippen LogP contribution in [0.15, 0.2) is 84.1 Å². The number of amides is 1. The maximum atomic E-state index is 13.9. The van der Waals surface area contributed by atoms with Crippen LogP contribution >= 0.6 is 22.9 Å². The van der Waals surface area contributed by atoms with Gasteiger partial charge in [0, 0.05) is 11.3 Å². The highest BCUT2D eigenvalue weighted by molar-refractivity contribution is 7.17. The number of nitrogens with zero attached hydrogens (tertiary/aromatic N) is 2. The molecule has 5 rings (SSSR count). The molecule has 1 aromatic heterocycles. The highest BCUT2D eigenvalue weighted by Crippen LogP contribution is 2.44. The van der Waals surface area contributed by atoms with E-state index in [1.165, 1.54) is 41.5 Å². The molecule has 0 fully saturated rings. The van der Waals surface area contributed by atoms with Gasteiger partial charge in [-0.3, -0.25) is 14.5 Å². The molecule has 0 saturated carbocycles. The number of aromatic nitrogens is 1. The van der Waals surface area contributed by atoms with Crippen molar-refractivity contribution in [2.75, 3.05) is 12.0 Å². The Morgan fingerprint density at radius 2 is 1.76 bits per heavy atom. The zero-order valence-corrected chi connectivity index (χ0v) is 21.4. The van der Waals surface area contributed by atoms with Gasteiger partial charge >= 0.3 is 0 Å². The first-order valence-electron chi connectivity index (χ1n) is 11.3. The summed E-state index contributed by atoms with van der Waals surface area (Å²) in [5, 5.41) is 21.8. The molecule has 4 aromatic rings. The first-order chi connectivity index (χ1) is 17.8. The summed E-state index contributed by atoms with van der Waals surface area (Å²) in [6, 6.07) is 19.4. The molecular weight excluding hydrogens is 512 g/mol. The number of hydrogen-bond donors (Lipinski definition) is 2. The molecule has 3 aromatic carbocycles. The van der Waals surface area contributed by atoms with Crippen LogP contribution in [0.5, 0.6) is 11.5 Å². The van der Waals surface area contributed by atoms with Gasteiger partial charge < -0.3 is 14.9 Å². The first kappa shape index (κ1) is 24.5. The number of phenols is 1. The van der Waals surface area contributed by atoms with Crippen LogP contribution in [-0.2, 0) is 4.79 Å². The number of phenolic OH excluding ortho intramolecular Hbond substituents is 1. The lowest BCUT2D eigenvalue weighted by Crippen LogP contribution is -2.31. The molecule has 0 radical (unpaired) electrons. The van der Waals surface area contributed by atoms with Gasteiger partial charge in [0.15, 0.2) is 5.76 Å². The number of Topliss-reactive ketones (excluding diaryl/α,β-unsaturated/α-hetero) is 1. The predicted molar refractivity (Wildman–Crippen MR) is 143 cm³/mol. The van der Waals surface area contributed by atoms with Gasteiger partial charge in [-0.25, -0.2) is 4.98 Å². The van der Waals surface area contributed by atoms with Crippen LogP contribution in [0, 0.1) is 6.92 Å². The molecule has 0 saturated heterocycles. The number of ketones is 1. The van der Waals surface area contributed by atoms with Crippen LogP contribution in [0.25, 0.3) is 10.6 Å². The molecular formula is C28H21ClN2O5S. The summed E-state index contributed by atoms with van der Waals surface area (Å²) in [6.07, 6.45) is 0. The number of ether oxygens (including phenoxy) is 1. The van der Waals surface area contributed by atoms with E-state index in [-0.39, 0.29) is 16.3 Å². The first-order valence-corrected chi connectivity index (χ1v) is 12.5. The lowest BCUT2D eigenvalue weighted by atomic mass is 9.94. The van der Waals surface area contributed by atoms with Gasteiger partial charge in [-0.1, -0.05) is 54.1 Å². The molecule has 2 N–H and O–H groups in total. The predicted octanol–water partition coefficient (Wildman–Crippen LogP) is 6.27. The third-order valence-electron chi connectivity index (χ3n) is 6.10. The minimum atomic E-state index is -0.966. The summed E-state index contributed by atoms with van der Waals surface area (Å²) < 4.78 is 5.22. The van der Waals surface area contributed by atoms with Gasteiger partial charge in [0.25, 0.3) is 5.91 Å². The second-order valence-corrected chi connectivity index (χ2v) is 9.79. The Labute approximate surface area is 221 Å². The number of aliphatic hydroxyl groups excluding tert-OH is 1. The largest absolute Gasteiger partial charge is 0.508 e. The van der Waals surface area contributed by atoms with Crippen molar-refractivity contribution < 1.29 is 24.5 Å². The summed E-state index contributed by atoms with van der Waals surface area (Å²) in [7, 11) is 1.48. The maximum absolute atomic E-state index is 13.9. The molecule has 1 atom stereocenters. The molecule has 0 bridgehead atoms. The van der Waals surface area contributed by atoms with Crippen LogP contribution in [-0.4, -0.2) is 34.0 Å². The Hall–Kier alpha value is -4.14. The molecule has 9 heteroatoms. The molecule has 37 heavy (non-hydrogen) atoms. The van der Waals surface area contributed by atoms with Crippen molar-refractivity contribution in [3.05, 3.63) is 105 Å². The highest BCUT2D eigenvalue weighted by Gasteiger charge is 2.45. The van der Waals surface area contributed by atoms with Gasteiger partial charge in [-0.2, -0.15) is 0 Å². The fourth-order valence-electron chi connectivity index (χ4n) is 4.31. The third-order valence-corrected chi connectivity index (χ3v) is 7.60. The Bertz CT molecular complexity index is 1550. The third kappa shape index (κ3) is 4.34.